The maximum Gasteiger partial charge on any atom is 0.240 e. The molecule has 2 atom stereocenters. The smallest absolute Gasteiger partial charge is 0.240 e. The summed E-state index contributed by atoms with van der Waals surface area (Å²) in [6, 6.07) is 0.334. The predicted octanol–water partition coefficient (Wildman–Crippen LogP) is 1.82. The molecule has 0 aromatic rings. The Morgan fingerprint density at radius 3 is 2.81 bits per heavy atom. The highest BCUT2D eigenvalue weighted by atomic mass is 16.2. The van der Waals surface area contributed by atoms with Gasteiger partial charge in [-0.25, -0.2) is 0 Å². The van der Waals surface area contributed by atoms with Crippen LogP contribution in [-0.4, -0.2) is 24.0 Å². The zero-order valence-electron chi connectivity index (χ0n) is 10.5. The molecule has 0 spiro atoms. The lowest BCUT2D eigenvalue weighted by Gasteiger charge is -2.34. The van der Waals surface area contributed by atoms with Crippen LogP contribution < -0.4 is 10.6 Å². The summed E-state index contributed by atoms with van der Waals surface area (Å²) >= 11 is 0. The standard InChI is InChI=1S/C13H24N2O/c1-10(9-11-5-6-11)15-12(16)13(2)7-3-4-8-14-13/h10-11,14H,3-9H2,1-2H3,(H,15,16). The molecule has 0 aromatic heterocycles. The van der Waals surface area contributed by atoms with Crippen LogP contribution in [0, 0.1) is 5.92 Å². The molecule has 3 nitrogen and oxygen atoms in total. The number of carbonyl (C=O) groups excluding carboxylic acids is 1. The molecule has 0 radical (unpaired) electrons. The van der Waals surface area contributed by atoms with E-state index in [0.29, 0.717) is 6.04 Å². The van der Waals surface area contributed by atoms with E-state index in [1.54, 1.807) is 0 Å². The molecule has 1 aliphatic carbocycles. The third-order valence-corrected chi connectivity index (χ3v) is 3.88. The number of carbonyl (C=O) groups is 1. The van der Waals surface area contributed by atoms with Crippen LogP contribution in [-0.2, 0) is 4.79 Å². The summed E-state index contributed by atoms with van der Waals surface area (Å²) in [5.41, 5.74) is -0.323. The van der Waals surface area contributed by atoms with Gasteiger partial charge in [0, 0.05) is 6.04 Å². The first-order valence-electron chi connectivity index (χ1n) is 6.66. The third kappa shape index (κ3) is 2.97. The summed E-state index contributed by atoms with van der Waals surface area (Å²) in [5, 5.41) is 6.52. The minimum Gasteiger partial charge on any atom is -0.352 e. The molecule has 0 aromatic carbocycles. The van der Waals surface area contributed by atoms with E-state index in [1.807, 2.05) is 6.92 Å². The molecule has 1 saturated carbocycles. The van der Waals surface area contributed by atoms with Crippen LogP contribution in [0.1, 0.15) is 52.4 Å². The Morgan fingerprint density at radius 1 is 1.50 bits per heavy atom. The topological polar surface area (TPSA) is 41.1 Å². The number of rotatable bonds is 4. The van der Waals surface area contributed by atoms with Crippen LogP contribution in [0.5, 0.6) is 0 Å². The number of hydrogen-bond acceptors (Lipinski definition) is 2. The minimum absolute atomic E-state index is 0.195. The maximum atomic E-state index is 12.2. The molecule has 2 rings (SSSR count). The van der Waals surface area contributed by atoms with Crippen molar-refractivity contribution in [3.63, 3.8) is 0 Å². The highest BCUT2D eigenvalue weighted by Gasteiger charge is 2.35. The SMILES string of the molecule is CC(CC1CC1)NC(=O)C1(C)CCCCN1. The van der Waals surface area contributed by atoms with Crippen molar-refractivity contribution in [1.82, 2.24) is 10.6 Å². The van der Waals surface area contributed by atoms with E-state index in [2.05, 4.69) is 17.6 Å². The largest absolute Gasteiger partial charge is 0.352 e. The lowest BCUT2D eigenvalue weighted by molar-refractivity contribution is -0.128. The number of hydrogen-bond donors (Lipinski definition) is 2. The lowest BCUT2D eigenvalue weighted by Crippen LogP contribution is -2.58. The van der Waals surface area contributed by atoms with E-state index in [1.165, 1.54) is 19.3 Å². The van der Waals surface area contributed by atoms with E-state index < -0.39 is 0 Å². The highest BCUT2D eigenvalue weighted by molar-refractivity contribution is 5.86. The van der Waals surface area contributed by atoms with Crippen LogP contribution in [0.4, 0.5) is 0 Å². The Balaban J connectivity index is 1.80. The Morgan fingerprint density at radius 2 is 2.25 bits per heavy atom. The van der Waals surface area contributed by atoms with Gasteiger partial charge in [0.05, 0.1) is 5.54 Å². The van der Waals surface area contributed by atoms with Gasteiger partial charge in [-0.15, -0.1) is 0 Å². The van der Waals surface area contributed by atoms with E-state index in [-0.39, 0.29) is 11.4 Å². The van der Waals surface area contributed by atoms with E-state index in [9.17, 15) is 4.79 Å². The molecule has 2 fully saturated rings. The normalized spacial score (nSPS) is 32.1. The fraction of sp³-hybridized carbons (Fsp3) is 0.923. The number of nitrogens with one attached hydrogen (secondary N) is 2. The summed E-state index contributed by atoms with van der Waals surface area (Å²) in [5.74, 6) is 1.07. The monoisotopic (exact) mass is 224 g/mol. The second-order valence-corrected chi connectivity index (χ2v) is 5.77. The lowest BCUT2D eigenvalue weighted by atomic mass is 9.89. The number of amides is 1. The second-order valence-electron chi connectivity index (χ2n) is 5.77. The molecule has 92 valence electrons. The average Bonchev–Trinajstić information content (AvgIpc) is 3.02. The second kappa shape index (κ2) is 4.74. The van der Waals surface area contributed by atoms with Gasteiger partial charge in [-0.2, -0.15) is 0 Å². The molecule has 2 unspecified atom stereocenters. The number of piperidine rings is 1. The van der Waals surface area contributed by atoms with Gasteiger partial charge in [-0.3, -0.25) is 4.79 Å². The molecule has 16 heavy (non-hydrogen) atoms. The zero-order chi connectivity index (χ0) is 11.6. The van der Waals surface area contributed by atoms with Crippen LogP contribution in [0.15, 0.2) is 0 Å². The Labute approximate surface area is 98.4 Å². The van der Waals surface area contributed by atoms with E-state index >= 15 is 0 Å². The van der Waals surface area contributed by atoms with Crippen LogP contribution >= 0.6 is 0 Å². The first-order valence-corrected chi connectivity index (χ1v) is 6.66. The van der Waals surface area contributed by atoms with Crippen molar-refractivity contribution in [2.24, 2.45) is 5.92 Å². The minimum atomic E-state index is -0.323. The quantitative estimate of drug-likeness (QED) is 0.765. The highest BCUT2D eigenvalue weighted by Crippen LogP contribution is 2.33. The van der Waals surface area contributed by atoms with Gasteiger partial charge >= 0.3 is 0 Å². The summed E-state index contributed by atoms with van der Waals surface area (Å²) in [4.78, 5) is 12.2. The molecular weight excluding hydrogens is 200 g/mol. The van der Waals surface area contributed by atoms with Crippen molar-refractivity contribution < 1.29 is 4.79 Å². The van der Waals surface area contributed by atoms with E-state index in [4.69, 9.17) is 0 Å². The maximum absolute atomic E-state index is 12.2. The first kappa shape index (κ1) is 11.9. The van der Waals surface area contributed by atoms with Crippen LogP contribution in [0.3, 0.4) is 0 Å². The molecule has 1 amide bonds. The predicted molar refractivity (Wildman–Crippen MR) is 65.2 cm³/mol. The molecule has 1 heterocycles. The summed E-state index contributed by atoms with van der Waals surface area (Å²) in [7, 11) is 0. The van der Waals surface area contributed by atoms with Gasteiger partial charge in [0.15, 0.2) is 0 Å². The van der Waals surface area contributed by atoms with Gasteiger partial charge in [-0.05, 0) is 52.0 Å². The van der Waals surface area contributed by atoms with Gasteiger partial charge in [0.25, 0.3) is 0 Å². The van der Waals surface area contributed by atoms with Crippen molar-refractivity contribution >= 4 is 5.91 Å². The van der Waals surface area contributed by atoms with Crippen molar-refractivity contribution in [2.75, 3.05) is 6.54 Å². The van der Waals surface area contributed by atoms with Gasteiger partial charge in [0.1, 0.15) is 0 Å². The van der Waals surface area contributed by atoms with Gasteiger partial charge < -0.3 is 10.6 Å². The molecule has 1 aliphatic heterocycles. The zero-order valence-corrected chi connectivity index (χ0v) is 10.5. The molecule has 0 bridgehead atoms. The van der Waals surface area contributed by atoms with Gasteiger partial charge in [-0.1, -0.05) is 12.8 Å². The summed E-state index contributed by atoms with van der Waals surface area (Å²) < 4.78 is 0. The van der Waals surface area contributed by atoms with Crippen molar-refractivity contribution in [2.45, 2.75) is 64.0 Å². The van der Waals surface area contributed by atoms with Crippen molar-refractivity contribution in [3.8, 4) is 0 Å². The van der Waals surface area contributed by atoms with Crippen LogP contribution in [0.25, 0.3) is 0 Å². The third-order valence-electron chi connectivity index (χ3n) is 3.88. The summed E-state index contributed by atoms with van der Waals surface area (Å²) in [6.07, 6.45) is 7.19. The molecular formula is C13H24N2O. The average molecular weight is 224 g/mol. The molecule has 3 heteroatoms. The Kier molecular flexibility index (Phi) is 3.53. The molecule has 2 aliphatic rings. The van der Waals surface area contributed by atoms with Gasteiger partial charge in [0.2, 0.25) is 5.91 Å². The van der Waals surface area contributed by atoms with Crippen molar-refractivity contribution in [3.05, 3.63) is 0 Å². The molecule has 1 saturated heterocycles. The van der Waals surface area contributed by atoms with Crippen LogP contribution in [0.2, 0.25) is 0 Å². The van der Waals surface area contributed by atoms with Crippen molar-refractivity contribution in [1.29, 1.82) is 0 Å². The fourth-order valence-corrected chi connectivity index (χ4v) is 2.55. The fourth-order valence-electron chi connectivity index (χ4n) is 2.55. The summed E-state index contributed by atoms with van der Waals surface area (Å²) in [6.45, 7) is 5.13. The Hall–Kier alpha value is -0.570. The van der Waals surface area contributed by atoms with E-state index in [0.717, 1.165) is 31.7 Å². The molecule has 2 N–H and O–H groups in total. The first-order chi connectivity index (χ1) is 7.60. The Bertz CT molecular complexity index is 255.